The van der Waals surface area contributed by atoms with Crippen molar-refractivity contribution in [1.29, 1.82) is 0 Å². The maximum atomic E-state index is 2.59. The van der Waals surface area contributed by atoms with Gasteiger partial charge in [-0.25, -0.2) is 0 Å². The quantitative estimate of drug-likeness (QED) is 0.673. The summed E-state index contributed by atoms with van der Waals surface area (Å²) in [5, 5.41) is 4.99. The van der Waals surface area contributed by atoms with Crippen molar-refractivity contribution >= 4 is 16.3 Å². The molecule has 0 atom stereocenters. The molecule has 2 aliphatic carbocycles. The summed E-state index contributed by atoms with van der Waals surface area (Å²) in [6, 6.07) is 0. The van der Waals surface area contributed by atoms with Crippen molar-refractivity contribution in [2.24, 2.45) is 0 Å². The zero-order chi connectivity index (χ0) is 11.7. The molecular formula is C14H20SiTi. The van der Waals surface area contributed by atoms with Crippen LogP contribution in [0.4, 0.5) is 0 Å². The average Bonchev–Trinajstić information content (AvgIpc) is 2.74. The van der Waals surface area contributed by atoms with E-state index >= 15 is 0 Å². The Hall–Kier alpha value is -0.369. The summed E-state index contributed by atoms with van der Waals surface area (Å²) in [5.41, 5.74) is 3.03. The summed E-state index contributed by atoms with van der Waals surface area (Å²) in [7, 11) is 2.25. The van der Waals surface area contributed by atoms with Crippen LogP contribution in [-0.2, 0) is 13.1 Å². The van der Waals surface area contributed by atoms with Gasteiger partial charge in [0.1, 0.15) is 0 Å². The van der Waals surface area contributed by atoms with Crippen molar-refractivity contribution < 1.29 is 13.1 Å². The molecule has 0 N–H and O–H groups in total. The Morgan fingerprint density at radius 3 is 1.75 bits per heavy atom. The zero-order valence-electron chi connectivity index (χ0n) is 10.2. The Bertz CT molecular complexity index is 598. The molecule has 0 aromatic rings. The minimum atomic E-state index is -2.45. The third-order valence-electron chi connectivity index (χ3n) is 2.92. The van der Waals surface area contributed by atoms with Gasteiger partial charge >= 0.3 is 100 Å². The predicted molar refractivity (Wildman–Crippen MR) is 76.1 cm³/mol. The van der Waals surface area contributed by atoms with Crippen LogP contribution in [-0.4, -0.2) is 16.3 Å². The molecule has 0 bridgehead atoms. The van der Waals surface area contributed by atoms with Gasteiger partial charge in [0.15, 0.2) is 0 Å². The summed E-state index contributed by atoms with van der Waals surface area (Å²) in [6.07, 6.45) is 15.6. The van der Waals surface area contributed by atoms with Crippen LogP contribution in [0.15, 0.2) is 47.6 Å². The predicted octanol–water partition coefficient (Wildman–Crippen LogP) is 2.70. The topological polar surface area (TPSA) is 0 Å². The first-order chi connectivity index (χ1) is 7.42. The molecule has 2 aliphatic rings. The first-order valence-electron chi connectivity index (χ1n) is 5.94. The van der Waals surface area contributed by atoms with E-state index in [0.717, 1.165) is 12.8 Å². The molecule has 0 heterocycles. The Balaban J connectivity index is 2.45. The van der Waals surface area contributed by atoms with Crippen molar-refractivity contribution in [2.45, 2.75) is 23.3 Å². The molecule has 2 rings (SSSR count). The molecule has 0 unspecified atom stereocenters. The van der Waals surface area contributed by atoms with E-state index in [1.54, 1.807) is 0 Å². The van der Waals surface area contributed by atoms with Gasteiger partial charge in [-0.1, -0.05) is 0 Å². The van der Waals surface area contributed by atoms with E-state index in [1.165, 1.54) is 11.1 Å². The molecule has 0 saturated carbocycles. The van der Waals surface area contributed by atoms with Gasteiger partial charge in [-0.05, 0) is 0 Å². The zero-order valence-corrected chi connectivity index (χ0v) is 13.2. The molecule has 0 radical (unpaired) electrons. The first kappa shape index (κ1) is 12.1. The van der Waals surface area contributed by atoms with Crippen LogP contribution in [0, 0.1) is 0 Å². The van der Waals surface area contributed by atoms with Gasteiger partial charge in [-0.15, -0.1) is 0 Å². The van der Waals surface area contributed by atoms with Crippen LogP contribution < -0.4 is 0 Å². The fourth-order valence-corrected chi connectivity index (χ4v) is 9.17. The Morgan fingerprint density at radius 2 is 1.44 bits per heavy atom. The van der Waals surface area contributed by atoms with Crippen LogP contribution in [0.1, 0.15) is 12.8 Å². The van der Waals surface area contributed by atoms with E-state index in [2.05, 4.69) is 63.2 Å². The SMILES string of the molecule is [CH3][Ti]([CH3])(=[SiH2])(=[CH]C1=CC=CC1)=[CH]C1=CC=CC1. The van der Waals surface area contributed by atoms with E-state index < -0.39 is 13.1 Å². The standard InChI is InChI=1S/2C6H6.2CH3.H2Si.Ti/c2*1-6-4-2-3-5-6;;;;/h2*1-4H,5H2;2*1H3;1H2;. The molecule has 0 amide bonds. The average molecular weight is 264 g/mol. The fraction of sp³-hybridized carbons (Fsp3) is 0.286. The van der Waals surface area contributed by atoms with E-state index in [-0.39, 0.29) is 0 Å². The third-order valence-corrected chi connectivity index (χ3v) is 8.72. The van der Waals surface area contributed by atoms with E-state index in [1.807, 2.05) is 0 Å². The third kappa shape index (κ3) is 3.31. The molecule has 0 aromatic carbocycles. The van der Waals surface area contributed by atoms with Crippen molar-refractivity contribution in [3.63, 3.8) is 0 Å². The molecule has 0 aromatic heterocycles. The number of hydrogen-bond donors (Lipinski definition) is 0. The normalized spacial score (nSPS) is 18.1. The van der Waals surface area contributed by atoms with Gasteiger partial charge in [0.2, 0.25) is 0 Å². The van der Waals surface area contributed by atoms with Crippen molar-refractivity contribution in [2.75, 3.05) is 0 Å². The molecule has 0 fully saturated rings. The minimum absolute atomic E-state index is 1.13. The van der Waals surface area contributed by atoms with Gasteiger partial charge in [-0.2, -0.15) is 0 Å². The van der Waals surface area contributed by atoms with Crippen LogP contribution in [0.5, 0.6) is 0 Å². The first-order valence-corrected chi connectivity index (χ1v) is 14.9. The van der Waals surface area contributed by atoms with E-state index in [4.69, 9.17) is 0 Å². The van der Waals surface area contributed by atoms with Crippen molar-refractivity contribution in [3.8, 4) is 0 Å². The molecule has 0 aliphatic heterocycles. The van der Waals surface area contributed by atoms with E-state index in [9.17, 15) is 0 Å². The second-order valence-electron chi connectivity index (χ2n) is 5.97. The molecular weight excluding hydrogens is 244 g/mol. The van der Waals surface area contributed by atoms with E-state index in [0.29, 0.717) is 0 Å². The Morgan fingerprint density at radius 1 is 1.00 bits per heavy atom. The molecule has 16 heavy (non-hydrogen) atoms. The van der Waals surface area contributed by atoms with Crippen molar-refractivity contribution in [1.82, 2.24) is 0 Å². The Labute approximate surface area is 100.0 Å². The van der Waals surface area contributed by atoms with Crippen LogP contribution in [0.3, 0.4) is 0 Å². The number of allylic oxidation sites excluding steroid dienone is 8. The Kier molecular flexibility index (Phi) is 3.13. The van der Waals surface area contributed by atoms with Gasteiger partial charge < -0.3 is 0 Å². The van der Waals surface area contributed by atoms with Crippen LogP contribution in [0.25, 0.3) is 0 Å². The fourth-order valence-electron chi connectivity index (χ4n) is 2.40. The molecule has 0 saturated heterocycles. The summed E-state index contributed by atoms with van der Waals surface area (Å²) < 4.78 is 5.18. The van der Waals surface area contributed by atoms with Gasteiger partial charge in [0.25, 0.3) is 0 Å². The van der Waals surface area contributed by atoms with Crippen LogP contribution in [0.2, 0.25) is 10.5 Å². The number of rotatable bonds is 2. The monoisotopic (exact) mass is 264 g/mol. The van der Waals surface area contributed by atoms with Crippen molar-refractivity contribution in [3.05, 3.63) is 47.6 Å². The second-order valence-corrected chi connectivity index (χ2v) is 25.2. The molecule has 84 valence electrons. The van der Waals surface area contributed by atoms with Crippen LogP contribution >= 0.6 is 0 Å². The second kappa shape index (κ2) is 4.14. The summed E-state index contributed by atoms with van der Waals surface area (Å²) in [4.78, 5) is 0. The maximum absolute atomic E-state index is 2.59. The van der Waals surface area contributed by atoms with Gasteiger partial charge in [-0.3, -0.25) is 0 Å². The summed E-state index contributed by atoms with van der Waals surface area (Å²) >= 11 is -2.45. The molecule has 0 nitrogen and oxygen atoms in total. The van der Waals surface area contributed by atoms with Gasteiger partial charge in [0.05, 0.1) is 0 Å². The van der Waals surface area contributed by atoms with Gasteiger partial charge in [0, 0.05) is 0 Å². The summed E-state index contributed by atoms with van der Waals surface area (Å²) in [5.74, 6) is 0. The molecule has 2 heteroatoms. The summed E-state index contributed by atoms with van der Waals surface area (Å²) in [6.45, 7) is 0. The molecule has 0 spiro atoms. The number of hydrogen-bond acceptors (Lipinski definition) is 0.